The molecule has 2 heterocycles. The molecule has 0 N–H and O–H groups in total. The summed E-state index contributed by atoms with van der Waals surface area (Å²) in [7, 11) is 0. The fourth-order valence-electron chi connectivity index (χ4n) is 10.6. The first-order chi connectivity index (χ1) is 37.4. The van der Waals surface area contributed by atoms with Gasteiger partial charge in [-0.25, -0.2) is 0 Å². The van der Waals surface area contributed by atoms with Crippen LogP contribution in [-0.4, -0.2) is 9.97 Å². The molecule has 0 amide bonds. The van der Waals surface area contributed by atoms with E-state index in [1.54, 1.807) is 6.20 Å². The Hall–Kier alpha value is -8.85. The Balaban J connectivity index is 0.000000455. The van der Waals surface area contributed by atoms with Gasteiger partial charge in [-0.2, -0.15) is 0 Å². The standard InChI is InChI=1S/C63H48N.C11H8N.Ir/c1-42-56(46-21-9-5-10-22-46)37-54(38-57(42)47-23-11-6-12-24-47)60-41-61(55-39-58(48-25-13-7-14-26-48)43(2)59(40-55)49-27-15-8-16-28-49)45(4)63(44(60)3)53-32-20-30-51(36-53)50-29-19-31-52(35-50)62-33-17-18-34-64-62;1-2-6-10(7-3-1)11-8-4-5-9-12-11;/h5-30,32-41H,1-4H3;1-6,8-9H;/q2*-1;. The van der Waals surface area contributed by atoms with Crippen molar-refractivity contribution in [1.82, 2.24) is 9.97 Å². The molecular formula is C74H56IrN2-2. The van der Waals surface area contributed by atoms with Crippen molar-refractivity contribution in [3.63, 3.8) is 0 Å². The number of hydrogen-bond donors (Lipinski definition) is 0. The Kier molecular flexibility index (Phi) is 15.9. The first-order valence-electron chi connectivity index (χ1n) is 26.0. The Bertz CT molecular complexity index is 3600. The first-order valence-corrected chi connectivity index (χ1v) is 26.0. The monoisotopic (exact) mass is 1170 g/mol. The SMILES string of the molecule is Cc1c(-c2ccccc2)cc(-c2cc(-c3cc(-c4ccccc4)c(C)c(-c4ccccc4)c3)c(C)c(-c3cccc(-c4cc[c-]c(-c5ccccn5)c4)c3)c2C)cc1-c1ccccc1.[Ir].[c-]1ccccc1-c1ccccn1. The topological polar surface area (TPSA) is 25.8 Å². The van der Waals surface area contributed by atoms with E-state index in [1.165, 1.54) is 100 Å². The van der Waals surface area contributed by atoms with Gasteiger partial charge < -0.3 is 9.97 Å². The Morgan fingerprint density at radius 3 is 1.06 bits per heavy atom. The molecule has 0 unspecified atom stereocenters. The quantitative estimate of drug-likeness (QED) is 0.128. The molecule has 12 aromatic rings. The van der Waals surface area contributed by atoms with Crippen LogP contribution in [0.5, 0.6) is 0 Å². The second-order valence-electron chi connectivity index (χ2n) is 19.2. The molecule has 0 aliphatic carbocycles. The molecule has 0 atom stereocenters. The zero-order chi connectivity index (χ0) is 51.8. The maximum absolute atomic E-state index is 4.63. The largest absolute Gasteiger partial charge is 0.305 e. The van der Waals surface area contributed by atoms with Crippen LogP contribution in [0.1, 0.15) is 22.3 Å². The fraction of sp³-hybridized carbons (Fsp3) is 0.0541. The van der Waals surface area contributed by atoms with Gasteiger partial charge in [0.2, 0.25) is 0 Å². The number of hydrogen-bond acceptors (Lipinski definition) is 2. The summed E-state index contributed by atoms with van der Waals surface area (Å²) in [5.41, 5.74) is 28.2. The van der Waals surface area contributed by atoms with Gasteiger partial charge in [0.25, 0.3) is 0 Å². The summed E-state index contributed by atoms with van der Waals surface area (Å²) < 4.78 is 0. The van der Waals surface area contributed by atoms with Crippen molar-refractivity contribution >= 4 is 0 Å². The average Bonchev–Trinajstić information content (AvgIpc) is 3.51. The van der Waals surface area contributed by atoms with Crippen molar-refractivity contribution in [3.8, 4) is 112 Å². The molecule has 2 aromatic heterocycles. The van der Waals surface area contributed by atoms with E-state index < -0.39 is 0 Å². The van der Waals surface area contributed by atoms with Crippen molar-refractivity contribution in [2.24, 2.45) is 0 Å². The minimum absolute atomic E-state index is 0. The van der Waals surface area contributed by atoms with E-state index in [-0.39, 0.29) is 20.1 Å². The maximum Gasteiger partial charge on any atom is 0.0160 e. The molecule has 3 heteroatoms. The number of pyridine rings is 2. The van der Waals surface area contributed by atoms with Gasteiger partial charge in [0.15, 0.2) is 0 Å². The van der Waals surface area contributed by atoms with E-state index in [4.69, 9.17) is 0 Å². The predicted octanol–water partition coefficient (Wildman–Crippen LogP) is 19.7. The molecule has 77 heavy (non-hydrogen) atoms. The van der Waals surface area contributed by atoms with Gasteiger partial charge in [0, 0.05) is 32.5 Å². The van der Waals surface area contributed by atoms with Crippen LogP contribution in [0.3, 0.4) is 0 Å². The first kappa shape index (κ1) is 51.6. The van der Waals surface area contributed by atoms with Gasteiger partial charge in [-0.15, -0.1) is 71.3 Å². The zero-order valence-electron chi connectivity index (χ0n) is 43.6. The van der Waals surface area contributed by atoms with Crippen LogP contribution in [-0.2, 0) is 20.1 Å². The third-order valence-electron chi connectivity index (χ3n) is 14.5. The molecule has 12 rings (SSSR count). The summed E-state index contributed by atoms with van der Waals surface area (Å²) in [5, 5.41) is 0. The molecule has 0 aliphatic heterocycles. The molecule has 0 aliphatic rings. The molecule has 0 fully saturated rings. The zero-order valence-corrected chi connectivity index (χ0v) is 46.0. The van der Waals surface area contributed by atoms with Crippen molar-refractivity contribution in [3.05, 3.63) is 302 Å². The summed E-state index contributed by atoms with van der Waals surface area (Å²) >= 11 is 0. The minimum atomic E-state index is 0. The number of benzene rings is 10. The third-order valence-corrected chi connectivity index (χ3v) is 14.5. The average molecular weight is 1170 g/mol. The fourth-order valence-corrected chi connectivity index (χ4v) is 10.6. The summed E-state index contributed by atoms with van der Waals surface area (Å²) in [6, 6.07) is 97.2. The maximum atomic E-state index is 4.63. The molecule has 1 radical (unpaired) electrons. The van der Waals surface area contributed by atoms with Crippen LogP contribution in [0.4, 0.5) is 0 Å². The van der Waals surface area contributed by atoms with E-state index >= 15 is 0 Å². The van der Waals surface area contributed by atoms with Gasteiger partial charge in [-0.05, 0) is 193 Å². The molecule has 0 saturated heterocycles. The van der Waals surface area contributed by atoms with Crippen molar-refractivity contribution in [2.75, 3.05) is 0 Å². The summed E-state index contributed by atoms with van der Waals surface area (Å²) in [5.74, 6) is 0. The van der Waals surface area contributed by atoms with Crippen molar-refractivity contribution in [2.45, 2.75) is 27.7 Å². The van der Waals surface area contributed by atoms with Crippen molar-refractivity contribution < 1.29 is 20.1 Å². The second kappa shape index (κ2) is 23.8. The van der Waals surface area contributed by atoms with Crippen LogP contribution in [0.2, 0.25) is 0 Å². The molecule has 0 saturated carbocycles. The number of nitrogens with zero attached hydrogens (tertiary/aromatic N) is 2. The molecule has 10 aromatic carbocycles. The molecule has 373 valence electrons. The van der Waals surface area contributed by atoms with E-state index in [2.05, 4.69) is 238 Å². The van der Waals surface area contributed by atoms with Crippen molar-refractivity contribution in [1.29, 1.82) is 0 Å². The van der Waals surface area contributed by atoms with Gasteiger partial charge in [0.1, 0.15) is 0 Å². The summed E-state index contributed by atoms with van der Waals surface area (Å²) in [6.07, 6.45) is 3.63. The van der Waals surface area contributed by atoms with E-state index in [9.17, 15) is 0 Å². The van der Waals surface area contributed by atoms with Gasteiger partial charge >= 0.3 is 0 Å². The molecule has 2 nitrogen and oxygen atoms in total. The van der Waals surface area contributed by atoms with E-state index in [0.717, 1.165) is 33.6 Å². The van der Waals surface area contributed by atoms with Crippen LogP contribution >= 0.6 is 0 Å². The van der Waals surface area contributed by atoms with E-state index in [0.29, 0.717) is 0 Å². The van der Waals surface area contributed by atoms with Gasteiger partial charge in [0.05, 0.1) is 0 Å². The summed E-state index contributed by atoms with van der Waals surface area (Å²) in [4.78, 5) is 8.85. The second-order valence-corrected chi connectivity index (χ2v) is 19.2. The summed E-state index contributed by atoms with van der Waals surface area (Å²) in [6.45, 7) is 9.16. The van der Waals surface area contributed by atoms with E-state index in [1.807, 2.05) is 72.9 Å². The Morgan fingerprint density at radius 1 is 0.260 bits per heavy atom. The number of aromatic nitrogens is 2. The third kappa shape index (κ3) is 11.3. The molecular weight excluding hydrogens is 1110 g/mol. The van der Waals surface area contributed by atoms with Crippen LogP contribution in [0.15, 0.2) is 267 Å². The normalized spacial score (nSPS) is 10.8. The minimum Gasteiger partial charge on any atom is -0.305 e. The Morgan fingerprint density at radius 2 is 0.636 bits per heavy atom. The van der Waals surface area contributed by atoms with Crippen LogP contribution < -0.4 is 0 Å². The molecule has 0 bridgehead atoms. The predicted molar refractivity (Wildman–Crippen MR) is 319 cm³/mol. The molecule has 0 spiro atoms. The smallest absolute Gasteiger partial charge is 0.0160 e. The Labute approximate surface area is 467 Å². The van der Waals surface area contributed by atoms with Gasteiger partial charge in [-0.3, -0.25) is 0 Å². The van der Waals surface area contributed by atoms with Crippen LogP contribution in [0.25, 0.3) is 112 Å². The number of rotatable bonds is 10. The van der Waals surface area contributed by atoms with Gasteiger partial charge in [-0.1, -0.05) is 164 Å². The van der Waals surface area contributed by atoms with Crippen LogP contribution in [0, 0.1) is 39.8 Å².